The van der Waals surface area contributed by atoms with E-state index in [9.17, 15) is 19.2 Å². The number of nitrogens with two attached hydrogens (primary N) is 1. The molecule has 0 aromatic carbocycles. The Bertz CT molecular complexity index is 1030. The van der Waals surface area contributed by atoms with Crippen LogP contribution in [0.2, 0.25) is 0 Å². The van der Waals surface area contributed by atoms with Gasteiger partial charge >= 0.3 is 11.7 Å². The van der Waals surface area contributed by atoms with Crippen molar-refractivity contribution in [3.8, 4) is 0 Å². The summed E-state index contributed by atoms with van der Waals surface area (Å²) in [4.78, 5) is 53.6. The number of aromatic nitrogens is 3. The molecule has 2 N–H and O–H groups in total. The van der Waals surface area contributed by atoms with Crippen molar-refractivity contribution in [2.24, 2.45) is 13.0 Å². The molecule has 0 atom stereocenters. The van der Waals surface area contributed by atoms with Gasteiger partial charge in [0.1, 0.15) is 16.4 Å². The van der Waals surface area contributed by atoms with Gasteiger partial charge in [-0.05, 0) is 24.3 Å². The molecule has 0 aliphatic rings. The van der Waals surface area contributed by atoms with E-state index in [4.69, 9.17) is 10.5 Å². The van der Waals surface area contributed by atoms with Gasteiger partial charge in [0.2, 0.25) is 5.78 Å². The Kier molecular flexibility index (Phi) is 6.79. The number of Topliss-reactive ketones (excluding diaryl/α,β-unsaturated/α-hetero) is 1. The van der Waals surface area contributed by atoms with Crippen LogP contribution in [0.25, 0.3) is 0 Å². The zero-order valence-electron chi connectivity index (χ0n) is 16.1. The Morgan fingerprint density at radius 1 is 1.32 bits per heavy atom. The smallest absolute Gasteiger partial charge is 0.341 e. The highest BCUT2D eigenvalue weighted by atomic mass is 32.2. The molecule has 2 aromatic rings. The molecule has 150 valence electrons. The fraction of sp³-hybridized carbons (Fsp3) is 0.389. The molecule has 0 radical (unpaired) electrons. The summed E-state index contributed by atoms with van der Waals surface area (Å²) in [5.74, 6) is -1.68. The number of pyridine rings is 1. The van der Waals surface area contributed by atoms with Gasteiger partial charge in [0.05, 0.1) is 5.56 Å². The lowest BCUT2D eigenvalue weighted by atomic mass is 10.1. The quantitative estimate of drug-likeness (QED) is 0.409. The number of anilines is 1. The van der Waals surface area contributed by atoms with Crippen molar-refractivity contribution in [2.75, 3.05) is 18.6 Å². The number of thioether (sulfide) groups is 1. The van der Waals surface area contributed by atoms with E-state index < -0.39 is 29.6 Å². The average Bonchev–Trinajstić information content (AvgIpc) is 2.67. The van der Waals surface area contributed by atoms with Crippen LogP contribution in [-0.2, 0) is 18.3 Å². The SMILES string of the molecule is CSc1ncccc1C(=O)OCC(=O)c1c(N)n(CC(C)C)c(=O)n(C)c1=O. The number of hydrogen-bond donors (Lipinski definition) is 1. The van der Waals surface area contributed by atoms with Crippen molar-refractivity contribution in [2.45, 2.75) is 25.4 Å². The molecule has 2 rings (SSSR count). The molecule has 0 bridgehead atoms. The van der Waals surface area contributed by atoms with Crippen molar-refractivity contribution in [3.63, 3.8) is 0 Å². The second-order valence-electron chi connectivity index (χ2n) is 6.47. The highest BCUT2D eigenvalue weighted by molar-refractivity contribution is 7.98. The van der Waals surface area contributed by atoms with E-state index in [0.29, 0.717) is 5.03 Å². The lowest BCUT2D eigenvalue weighted by Gasteiger charge is -2.16. The summed E-state index contributed by atoms with van der Waals surface area (Å²) in [7, 11) is 1.27. The van der Waals surface area contributed by atoms with E-state index in [1.54, 1.807) is 12.3 Å². The third-order valence-corrected chi connectivity index (χ3v) is 4.64. The van der Waals surface area contributed by atoms with Crippen LogP contribution in [0.4, 0.5) is 5.82 Å². The highest BCUT2D eigenvalue weighted by Gasteiger charge is 2.23. The number of ether oxygens (including phenoxy) is 1. The zero-order chi connectivity index (χ0) is 21.0. The third kappa shape index (κ3) is 4.33. The number of rotatable bonds is 7. The molecule has 28 heavy (non-hydrogen) atoms. The standard InChI is InChI=1S/C18H22N4O5S/c1-10(2)8-22-14(19)13(16(24)21(3)18(22)26)12(23)9-27-17(25)11-6-5-7-20-15(11)28-4/h5-7,10H,8-9,19H2,1-4H3. The molecular weight excluding hydrogens is 384 g/mol. The minimum Gasteiger partial charge on any atom is -0.454 e. The number of hydrogen-bond acceptors (Lipinski definition) is 8. The maximum Gasteiger partial charge on any atom is 0.341 e. The maximum absolute atomic E-state index is 12.6. The monoisotopic (exact) mass is 406 g/mol. The van der Waals surface area contributed by atoms with Crippen LogP contribution in [0.1, 0.15) is 34.6 Å². The Morgan fingerprint density at radius 3 is 2.61 bits per heavy atom. The van der Waals surface area contributed by atoms with E-state index in [1.165, 1.54) is 35.6 Å². The van der Waals surface area contributed by atoms with Crippen LogP contribution >= 0.6 is 11.8 Å². The lowest BCUT2D eigenvalue weighted by Crippen LogP contribution is -2.43. The largest absolute Gasteiger partial charge is 0.454 e. The predicted octanol–water partition coefficient (Wildman–Crippen LogP) is 0.942. The van der Waals surface area contributed by atoms with Crippen molar-refractivity contribution in [1.29, 1.82) is 0 Å². The topological polar surface area (TPSA) is 126 Å². The van der Waals surface area contributed by atoms with Crippen molar-refractivity contribution in [3.05, 3.63) is 50.3 Å². The van der Waals surface area contributed by atoms with Gasteiger partial charge in [-0.2, -0.15) is 0 Å². The minimum atomic E-state index is -0.824. The molecule has 0 saturated carbocycles. The van der Waals surface area contributed by atoms with Gasteiger partial charge in [-0.25, -0.2) is 14.6 Å². The average molecular weight is 406 g/mol. The molecule has 0 fully saturated rings. The predicted molar refractivity (Wildman–Crippen MR) is 106 cm³/mol. The van der Waals surface area contributed by atoms with E-state index in [-0.39, 0.29) is 29.4 Å². The van der Waals surface area contributed by atoms with Crippen LogP contribution in [0.5, 0.6) is 0 Å². The second-order valence-corrected chi connectivity index (χ2v) is 7.27. The summed E-state index contributed by atoms with van der Waals surface area (Å²) in [5, 5.41) is 0.459. The van der Waals surface area contributed by atoms with Crippen LogP contribution in [0.15, 0.2) is 32.9 Å². The van der Waals surface area contributed by atoms with Crippen LogP contribution < -0.4 is 17.0 Å². The van der Waals surface area contributed by atoms with E-state index in [1.807, 2.05) is 13.8 Å². The third-order valence-electron chi connectivity index (χ3n) is 3.93. The van der Waals surface area contributed by atoms with E-state index in [0.717, 1.165) is 4.57 Å². The molecule has 9 nitrogen and oxygen atoms in total. The zero-order valence-corrected chi connectivity index (χ0v) is 16.9. The lowest BCUT2D eigenvalue weighted by molar-refractivity contribution is 0.0470. The molecule has 0 spiro atoms. The molecule has 2 heterocycles. The van der Waals surface area contributed by atoms with Gasteiger partial charge in [0, 0.05) is 19.8 Å². The first-order valence-electron chi connectivity index (χ1n) is 8.47. The molecule has 0 saturated heterocycles. The first-order valence-corrected chi connectivity index (χ1v) is 9.70. The second kappa shape index (κ2) is 8.87. The van der Waals surface area contributed by atoms with Crippen molar-refractivity contribution >= 4 is 29.3 Å². The first kappa shape index (κ1) is 21.4. The minimum absolute atomic E-state index is 0.0637. The first-order chi connectivity index (χ1) is 13.2. The Hall–Kier alpha value is -2.88. The summed E-state index contributed by atoms with van der Waals surface area (Å²) in [5.41, 5.74) is 4.36. The number of carbonyl (C=O) groups is 2. The van der Waals surface area contributed by atoms with E-state index in [2.05, 4.69) is 4.98 Å². The molecular formula is C18H22N4O5S. The number of ketones is 1. The normalized spacial score (nSPS) is 10.9. The molecule has 0 unspecified atom stereocenters. The van der Waals surface area contributed by atoms with Crippen molar-refractivity contribution in [1.82, 2.24) is 14.1 Å². The Morgan fingerprint density at radius 2 is 2.00 bits per heavy atom. The molecule has 0 amide bonds. The summed E-state index contributed by atoms with van der Waals surface area (Å²) < 4.78 is 7.05. The van der Waals surface area contributed by atoms with Crippen LogP contribution in [-0.4, -0.2) is 38.7 Å². The number of nitrogen functional groups attached to an aromatic ring is 1. The summed E-state index contributed by atoms with van der Waals surface area (Å²) in [6.07, 6.45) is 3.29. The highest BCUT2D eigenvalue weighted by Crippen LogP contribution is 2.18. The van der Waals surface area contributed by atoms with Gasteiger partial charge in [0.15, 0.2) is 6.61 Å². The molecule has 0 aliphatic heterocycles. The Balaban J connectivity index is 2.32. The van der Waals surface area contributed by atoms with E-state index >= 15 is 0 Å². The fourth-order valence-electron chi connectivity index (χ4n) is 2.58. The molecule has 2 aromatic heterocycles. The van der Waals surface area contributed by atoms with Crippen LogP contribution in [0.3, 0.4) is 0 Å². The van der Waals surface area contributed by atoms with Crippen molar-refractivity contribution < 1.29 is 14.3 Å². The summed E-state index contributed by atoms with van der Waals surface area (Å²) >= 11 is 1.26. The number of nitrogens with zero attached hydrogens (tertiary/aromatic N) is 3. The molecule has 10 heteroatoms. The summed E-state index contributed by atoms with van der Waals surface area (Å²) in [6.45, 7) is 3.31. The fourth-order valence-corrected chi connectivity index (χ4v) is 3.11. The van der Waals surface area contributed by atoms with Gasteiger partial charge < -0.3 is 10.5 Å². The van der Waals surface area contributed by atoms with Gasteiger partial charge in [-0.15, -0.1) is 11.8 Å². The van der Waals surface area contributed by atoms with Gasteiger partial charge in [-0.1, -0.05) is 13.8 Å². The summed E-state index contributed by atoms with van der Waals surface area (Å²) in [6, 6.07) is 3.11. The molecule has 0 aliphatic carbocycles. The van der Waals surface area contributed by atoms with Gasteiger partial charge in [-0.3, -0.25) is 18.7 Å². The maximum atomic E-state index is 12.6. The number of carbonyl (C=O) groups excluding carboxylic acids is 2. The van der Waals surface area contributed by atoms with Gasteiger partial charge in [0.25, 0.3) is 5.56 Å². The Labute approximate surface area is 165 Å². The number of esters is 1. The van der Waals surface area contributed by atoms with Crippen LogP contribution in [0, 0.1) is 5.92 Å².